The fourth-order valence-electron chi connectivity index (χ4n) is 3.87. The summed E-state index contributed by atoms with van der Waals surface area (Å²) in [6.45, 7) is -0.477. The zero-order valence-electron chi connectivity index (χ0n) is 16.7. The lowest BCUT2D eigenvalue weighted by molar-refractivity contribution is -0.282. The summed E-state index contributed by atoms with van der Waals surface area (Å²) in [6, 6.07) is 12.0. The molecule has 1 fully saturated rings. The Balaban J connectivity index is 1.59. The van der Waals surface area contributed by atoms with E-state index in [0.29, 0.717) is 0 Å². The van der Waals surface area contributed by atoms with E-state index in [1.165, 1.54) is 19.2 Å². The number of ketones is 1. The van der Waals surface area contributed by atoms with Crippen molar-refractivity contribution >= 4 is 5.78 Å². The van der Waals surface area contributed by atoms with Gasteiger partial charge in [-0.3, -0.25) is 4.79 Å². The minimum Gasteiger partial charge on any atom is -0.502 e. The summed E-state index contributed by atoms with van der Waals surface area (Å²) in [5, 5.41) is 40.9. The number of fused-ring (bicyclic) bond motifs is 1. The predicted molar refractivity (Wildman–Crippen MR) is 106 cm³/mol. The van der Waals surface area contributed by atoms with E-state index in [1.54, 1.807) is 0 Å². The Kier molecular flexibility index (Phi) is 6.12. The van der Waals surface area contributed by atoms with Crippen LogP contribution in [0.3, 0.4) is 0 Å². The molecule has 2 aromatic rings. The second-order valence-corrected chi connectivity index (χ2v) is 7.46. The van der Waals surface area contributed by atoms with Crippen LogP contribution in [0.5, 0.6) is 17.2 Å². The second-order valence-electron chi connectivity index (χ2n) is 7.46. The van der Waals surface area contributed by atoms with Crippen molar-refractivity contribution in [3.05, 3.63) is 53.6 Å². The molecule has 4 rings (SSSR count). The van der Waals surface area contributed by atoms with Gasteiger partial charge in [0.1, 0.15) is 30.5 Å². The molecule has 2 aromatic carbocycles. The Labute approximate surface area is 178 Å². The maximum absolute atomic E-state index is 12.6. The molecule has 0 bridgehead atoms. The minimum absolute atomic E-state index is 0.0260. The summed E-state index contributed by atoms with van der Waals surface area (Å²) in [6.07, 6.45) is -6.64. The van der Waals surface area contributed by atoms with Gasteiger partial charge in [0, 0.05) is 7.11 Å². The zero-order valence-corrected chi connectivity index (χ0v) is 16.7. The third-order valence-corrected chi connectivity index (χ3v) is 5.53. The molecule has 166 valence electrons. The first-order chi connectivity index (χ1) is 14.9. The third-order valence-electron chi connectivity index (χ3n) is 5.53. The Bertz CT molecular complexity index is 930. The van der Waals surface area contributed by atoms with E-state index in [4.69, 9.17) is 18.9 Å². The minimum atomic E-state index is -1.51. The number of hydrogen-bond donors (Lipinski definition) is 4. The van der Waals surface area contributed by atoms with E-state index in [1.807, 2.05) is 30.3 Å². The molecule has 0 saturated carbocycles. The van der Waals surface area contributed by atoms with Gasteiger partial charge < -0.3 is 39.4 Å². The molecule has 2 aliphatic rings. The van der Waals surface area contributed by atoms with Gasteiger partial charge >= 0.3 is 0 Å². The molecule has 1 unspecified atom stereocenters. The molecule has 31 heavy (non-hydrogen) atoms. The fraction of sp³-hybridized carbons (Fsp3) is 0.409. The smallest absolute Gasteiger partial charge is 0.229 e. The number of Topliss-reactive ketones (excluding diaryl/α,β-unsaturated/α-hetero) is 1. The van der Waals surface area contributed by atoms with Crippen LogP contribution in [0.4, 0.5) is 0 Å². The molecule has 0 spiro atoms. The first-order valence-corrected chi connectivity index (χ1v) is 9.87. The van der Waals surface area contributed by atoms with Gasteiger partial charge in [-0.2, -0.15) is 0 Å². The van der Waals surface area contributed by atoms with Crippen LogP contribution in [0.2, 0.25) is 0 Å². The summed E-state index contributed by atoms with van der Waals surface area (Å²) in [5.41, 5.74) is 1.01. The van der Waals surface area contributed by atoms with Crippen molar-refractivity contribution in [2.75, 3.05) is 13.7 Å². The number of hydrogen-bond acceptors (Lipinski definition) is 9. The Hall–Kier alpha value is -2.69. The van der Waals surface area contributed by atoms with Gasteiger partial charge in [0.15, 0.2) is 17.3 Å². The number of phenols is 1. The van der Waals surface area contributed by atoms with Gasteiger partial charge in [-0.05, 0) is 17.7 Å². The van der Waals surface area contributed by atoms with Crippen LogP contribution in [0.25, 0.3) is 0 Å². The highest BCUT2D eigenvalue weighted by Gasteiger charge is 2.46. The predicted octanol–water partition coefficient (Wildman–Crippen LogP) is 0.931. The van der Waals surface area contributed by atoms with E-state index in [-0.39, 0.29) is 29.3 Å². The van der Waals surface area contributed by atoms with Gasteiger partial charge in [0.25, 0.3) is 0 Å². The van der Waals surface area contributed by atoms with Gasteiger partial charge in [-0.25, -0.2) is 0 Å². The third kappa shape index (κ3) is 3.98. The van der Waals surface area contributed by atoms with Crippen molar-refractivity contribution in [1.29, 1.82) is 0 Å². The highest BCUT2D eigenvalue weighted by atomic mass is 16.7. The number of rotatable bonds is 5. The molecule has 0 aromatic heterocycles. The lowest BCUT2D eigenvalue weighted by Crippen LogP contribution is -2.60. The number of carbonyl (C=O) groups is 1. The van der Waals surface area contributed by atoms with E-state index in [9.17, 15) is 25.2 Å². The molecule has 0 aliphatic carbocycles. The Morgan fingerprint density at radius 1 is 1.10 bits per heavy atom. The molecule has 0 amide bonds. The van der Waals surface area contributed by atoms with E-state index >= 15 is 0 Å². The SMILES string of the molecule is CO[C@H]1[C@H](O)[C@@H](O)[C@H](Oc2ccc3c(c2O)OC(c2ccccc2)CC3=O)O[C@@H]1CO. The van der Waals surface area contributed by atoms with Crippen molar-refractivity contribution in [2.24, 2.45) is 0 Å². The second kappa shape index (κ2) is 8.81. The number of phenolic OH excluding ortho intramolecular Hbond substituents is 1. The number of methoxy groups -OCH3 is 1. The van der Waals surface area contributed by atoms with Crippen molar-refractivity contribution in [3.63, 3.8) is 0 Å². The van der Waals surface area contributed by atoms with Crippen LogP contribution < -0.4 is 9.47 Å². The standard InChI is InChI=1S/C22H24O9/c1-28-21-16(10-23)31-22(19(27)18(21)26)30-14-8-7-12-13(24)9-15(29-20(12)17(14)25)11-5-3-2-4-6-11/h2-8,15-16,18-19,21-23,25-27H,9-10H2,1H3/t15?,16-,18-,19-,21-,22-/m1/s1. The molecule has 9 heteroatoms. The topological polar surface area (TPSA) is 135 Å². The van der Waals surface area contributed by atoms with Crippen molar-refractivity contribution in [3.8, 4) is 17.2 Å². The molecule has 9 nitrogen and oxygen atoms in total. The normalized spacial score (nSPS) is 30.4. The lowest BCUT2D eigenvalue weighted by atomic mass is 9.96. The molecule has 4 N–H and O–H groups in total. The fourth-order valence-corrected chi connectivity index (χ4v) is 3.87. The Morgan fingerprint density at radius 2 is 1.84 bits per heavy atom. The molecule has 0 radical (unpaired) electrons. The molecular formula is C22H24O9. The number of ether oxygens (including phenoxy) is 4. The van der Waals surface area contributed by atoms with Gasteiger partial charge in [0.2, 0.25) is 12.0 Å². The first kappa shape index (κ1) is 21.5. The first-order valence-electron chi connectivity index (χ1n) is 9.87. The van der Waals surface area contributed by atoms with Gasteiger partial charge in [-0.1, -0.05) is 30.3 Å². The number of carbonyl (C=O) groups excluding carboxylic acids is 1. The maximum Gasteiger partial charge on any atom is 0.229 e. The average Bonchev–Trinajstić information content (AvgIpc) is 2.79. The monoisotopic (exact) mass is 432 g/mol. The molecule has 2 aliphatic heterocycles. The van der Waals surface area contributed by atoms with Crippen LogP contribution in [0.1, 0.15) is 28.4 Å². The molecule has 6 atom stereocenters. The molecule has 2 heterocycles. The average molecular weight is 432 g/mol. The van der Waals surface area contributed by atoms with Crippen LogP contribution in [0, 0.1) is 0 Å². The van der Waals surface area contributed by atoms with E-state index in [0.717, 1.165) is 5.56 Å². The number of aliphatic hydroxyl groups is 3. The largest absolute Gasteiger partial charge is 0.502 e. The van der Waals surface area contributed by atoms with Crippen LogP contribution in [-0.2, 0) is 9.47 Å². The lowest BCUT2D eigenvalue weighted by Gasteiger charge is -2.41. The number of aromatic hydroxyl groups is 1. The highest BCUT2D eigenvalue weighted by Crippen LogP contribution is 2.46. The quantitative estimate of drug-likeness (QED) is 0.544. The maximum atomic E-state index is 12.6. The van der Waals surface area contributed by atoms with E-state index < -0.39 is 49.2 Å². The summed E-state index contributed by atoms with van der Waals surface area (Å²) in [4.78, 5) is 12.6. The van der Waals surface area contributed by atoms with E-state index in [2.05, 4.69) is 0 Å². The number of aliphatic hydroxyl groups excluding tert-OH is 3. The summed E-state index contributed by atoms with van der Waals surface area (Å²) in [7, 11) is 1.32. The van der Waals surface area contributed by atoms with Crippen LogP contribution >= 0.6 is 0 Å². The molecular weight excluding hydrogens is 408 g/mol. The number of benzene rings is 2. The Morgan fingerprint density at radius 3 is 2.52 bits per heavy atom. The van der Waals surface area contributed by atoms with Crippen molar-refractivity contribution in [1.82, 2.24) is 0 Å². The summed E-state index contributed by atoms with van der Waals surface area (Å²) < 4.78 is 22.1. The highest BCUT2D eigenvalue weighted by molar-refractivity contribution is 6.01. The van der Waals surface area contributed by atoms with Crippen LogP contribution in [0.15, 0.2) is 42.5 Å². The van der Waals surface area contributed by atoms with Gasteiger partial charge in [-0.15, -0.1) is 0 Å². The summed E-state index contributed by atoms with van der Waals surface area (Å²) >= 11 is 0. The molecule has 1 saturated heterocycles. The van der Waals surface area contributed by atoms with Crippen molar-refractivity contribution < 1.29 is 44.2 Å². The summed E-state index contributed by atoms with van der Waals surface area (Å²) in [5.74, 6) is -0.748. The van der Waals surface area contributed by atoms with Crippen molar-refractivity contribution in [2.45, 2.75) is 43.2 Å². The van der Waals surface area contributed by atoms with Gasteiger partial charge in [0.05, 0.1) is 18.6 Å². The zero-order chi connectivity index (χ0) is 22.1. The van der Waals surface area contributed by atoms with Crippen LogP contribution in [-0.4, -0.2) is 70.6 Å².